The van der Waals surface area contributed by atoms with E-state index >= 15 is 0 Å². The lowest BCUT2D eigenvalue weighted by molar-refractivity contribution is 0.0683. The fourth-order valence-corrected chi connectivity index (χ4v) is 3.52. The van der Waals surface area contributed by atoms with Crippen LogP contribution in [0.4, 0.5) is 8.78 Å². The third-order valence-electron chi connectivity index (χ3n) is 5.35. The molecule has 0 fully saturated rings. The average molecular weight is 506 g/mol. The predicted octanol–water partition coefficient (Wildman–Crippen LogP) is 5.77. The lowest BCUT2D eigenvalue weighted by atomic mass is 10.0. The summed E-state index contributed by atoms with van der Waals surface area (Å²) in [6.07, 6.45) is 0. The van der Waals surface area contributed by atoms with Gasteiger partial charge in [0, 0.05) is 12.6 Å². The number of nitrogens with zero attached hydrogens (tertiary/aromatic N) is 1. The normalized spacial score (nSPS) is 10.7. The molecule has 4 rings (SSSR count). The van der Waals surface area contributed by atoms with Crippen LogP contribution in [-0.4, -0.2) is 27.1 Å². The summed E-state index contributed by atoms with van der Waals surface area (Å²) in [5.41, 5.74) is 7.87. The van der Waals surface area contributed by atoms with Crippen molar-refractivity contribution in [3.63, 3.8) is 0 Å². The first-order valence-electron chi connectivity index (χ1n) is 10.9. The highest BCUT2D eigenvalue weighted by Crippen LogP contribution is 2.35. The van der Waals surface area contributed by atoms with Crippen molar-refractivity contribution in [1.29, 1.82) is 0 Å². The first kappa shape index (κ1) is 25.3. The molecule has 0 aliphatic carbocycles. The zero-order valence-corrected chi connectivity index (χ0v) is 19.4. The minimum Gasteiger partial charge on any atom is -0.478 e. The number of ether oxygens (including phenoxy) is 2. The molecule has 3 aromatic carbocycles. The Morgan fingerprint density at radius 3 is 1.97 bits per heavy atom. The van der Waals surface area contributed by atoms with Crippen LogP contribution in [0, 0.1) is 18.6 Å². The molecule has 0 amide bonds. The SMILES string of the molecule is Cc1ccc(C(=O)O)c(Oc2nc(Oc3cc(-c4cccc(CN)c4)ccc3C(=O)O)c(F)cc2F)c1. The van der Waals surface area contributed by atoms with Gasteiger partial charge in [0.15, 0.2) is 11.6 Å². The molecule has 4 aromatic rings. The van der Waals surface area contributed by atoms with E-state index in [-0.39, 0.29) is 22.6 Å². The number of carboxylic acids is 2. The monoisotopic (exact) mass is 506 g/mol. The van der Waals surface area contributed by atoms with E-state index in [2.05, 4.69) is 4.98 Å². The zero-order valence-electron chi connectivity index (χ0n) is 19.4. The lowest BCUT2D eigenvalue weighted by Gasteiger charge is -2.14. The number of pyridine rings is 1. The van der Waals surface area contributed by atoms with Crippen LogP contribution >= 0.6 is 0 Å². The van der Waals surface area contributed by atoms with Crippen LogP contribution < -0.4 is 15.2 Å². The van der Waals surface area contributed by atoms with Crippen LogP contribution in [0.1, 0.15) is 31.8 Å². The lowest BCUT2D eigenvalue weighted by Crippen LogP contribution is -2.05. The van der Waals surface area contributed by atoms with Gasteiger partial charge in [0.25, 0.3) is 11.8 Å². The van der Waals surface area contributed by atoms with E-state index < -0.39 is 35.3 Å². The summed E-state index contributed by atoms with van der Waals surface area (Å²) >= 11 is 0. The van der Waals surface area contributed by atoms with Crippen molar-refractivity contribution in [3.8, 4) is 34.4 Å². The molecule has 0 saturated heterocycles. The molecule has 0 spiro atoms. The molecule has 0 radical (unpaired) electrons. The van der Waals surface area contributed by atoms with Crippen molar-refractivity contribution >= 4 is 11.9 Å². The van der Waals surface area contributed by atoms with Crippen molar-refractivity contribution in [3.05, 3.63) is 101 Å². The van der Waals surface area contributed by atoms with E-state index in [4.69, 9.17) is 15.2 Å². The second-order valence-electron chi connectivity index (χ2n) is 7.99. The van der Waals surface area contributed by atoms with Gasteiger partial charge in [-0.15, -0.1) is 0 Å². The van der Waals surface area contributed by atoms with Gasteiger partial charge in [-0.1, -0.05) is 30.3 Å². The van der Waals surface area contributed by atoms with Gasteiger partial charge >= 0.3 is 11.9 Å². The molecule has 0 aliphatic heterocycles. The molecule has 0 unspecified atom stereocenters. The smallest absolute Gasteiger partial charge is 0.339 e. The molecular weight excluding hydrogens is 486 g/mol. The van der Waals surface area contributed by atoms with Crippen LogP contribution in [0.2, 0.25) is 0 Å². The summed E-state index contributed by atoms with van der Waals surface area (Å²) in [5.74, 6) is -7.10. The number of benzene rings is 3. The molecule has 1 aromatic heterocycles. The average Bonchev–Trinajstić information content (AvgIpc) is 2.86. The number of aryl methyl sites for hydroxylation is 1. The van der Waals surface area contributed by atoms with Gasteiger partial charge in [0.1, 0.15) is 22.6 Å². The molecule has 1 heterocycles. The minimum absolute atomic E-state index is 0.218. The Balaban J connectivity index is 1.75. The summed E-state index contributed by atoms with van der Waals surface area (Å²) in [7, 11) is 0. The molecule has 4 N–H and O–H groups in total. The van der Waals surface area contributed by atoms with Gasteiger partial charge in [-0.2, -0.15) is 4.98 Å². The summed E-state index contributed by atoms with van der Waals surface area (Å²) in [6, 6.07) is 16.0. The number of carbonyl (C=O) groups is 2. The summed E-state index contributed by atoms with van der Waals surface area (Å²) in [4.78, 5) is 27.0. The molecule has 188 valence electrons. The Bertz CT molecular complexity index is 1520. The van der Waals surface area contributed by atoms with Gasteiger partial charge in [-0.25, -0.2) is 18.4 Å². The zero-order chi connectivity index (χ0) is 26.7. The third-order valence-corrected chi connectivity index (χ3v) is 5.35. The first-order chi connectivity index (χ1) is 17.7. The largest absolute Gasteiger partial charge is 0.478 e. The second kappa shape index (κ2) is 10.4. The van der Waals surface area contributed by atoms with E-state index in [1.165, 1.54) is 30.3 Å². The van der Waals surface area contributed by atoms with E-state index in [9.17, 15) is 28.6 Å². The number of aromatic nitrogens is 1. The highest BCUT2D eigenvalue weighted by molar-refractivity contribution is 5.92. The standard InChI is InChI=1S/C27H20F2N2O6/c1-14-5-7-18(26(32)33)22(9-14)36-24-20(28)12-21(29)25(31-24)37-23-11-17(6-8-19(23)27(34)35)16-4-2-3-15(10-16)13-30/h2-12H,13,30H2,1H3,(H,32,33)(H,34,35). The fraction of sp³-hybridized carbons (Fsp3) is 0.0741. The fourth-order valence-electron chi connectivity index (χ4n) is 3.52. The number of nitrogens with two attached hydrogens (primary N) is 1. The molecule has 0 aliphatic rings. The molecule has 37 heavy (non-hydrogen) atoms. The first-order valence-corrected chi connectivity index (χ1v) is 10.9. The number of carboxylic acid groups (broad SMARTS) is 2. The van der Waals surface area contributed by atoms with Crippen LogP contribution in [0.5, 0.6) is 23.3 Å². The van der Waals surface area contributed by atoms with Crippen molar-refractivity contribution in [2.45, 2.75) is 13.5 Å². The molecule has 0 atom stereocenters. The van der Waals surface area contributed by atoms with E-state index in [1.807, 2.05) is 12.1 Å². The molecule has 0 saturated carbocycles. The predicted molar refractivity (Wildman–Crippen MR) is 129 cm³/mol. The van der Waals surface area contributed by atoms with Crippen molar-refractivity contribution in [2.24, 2.45) is 5.73 Å². The highest BCUT2D eigenvalue weighted by atomic mass is 19.1. The minimum atomic E-state index is -1.35. The number of aromatic carboxylic acids is 2. The molecule has 8 nitrogen and oxygen atoms in total. The van der Waals surface area contributed by atoms with Crippen molar-refractivity contribution in [1.82, 2.24) is 4.98 Å². The summed E-state index contributed by atoms with van der Waals surface area (Å²) in [6.45, 7) is 1.97. The molecule has 10 heteroatoms. The van der Waals surface area contributed by atoms with Crippen LogP contribution in [0.15, 0.2) is 66.7 Å². The van der Waals surface area contributed by atoms with Crippen molar-refractivity contribution < 1.29 is 38.1 Å². The topological polar surface area (TPSA) is 132 Å². The van der Waals surface area contributed by atoms with Crippen molar-refractivity contribution in [2.75, 3.05) is 0 Å². The third kappa shape index (κ3) is 5.54. The Kier molecular flexibility index (Phi) is 7.12. The van der Waals surface area contributed by atoms with Crippen LogP contribution in [-0.2, 0) is 6.54 Å². The number of hydrogen-bond donors (Lipinski definition) is 3. The maximum absolute atomic E-state index is 14.6. The molecular formula is C27H20F2N2O6. The van der Waals surface area contributed by atoms with E-state index in [0.29, 0.717) is 29.3 Å². The van der Waals surface area contributed by atoms with E-state index in [1.54, 1.807) is 25.1 Å². The Labute approximate surface area is 209 Å². The Hall–Kier alpha value is -4.83. The summed E-state index contributed by atoms with van der Waals surface area (Å²) < 4.78 is 40.0. The maximum Gasteiger partial charge on any atom is 0.339 e. The molecule has 0 bridgehead atoms. The van der Waals surface area contributed by atoms with Crippen LogP contribution in [0.25, 0.3) is 11.1 Å². The summed E-state index contributed by atoms with van der Waals surface area (Å²) in [5, 5.41) is 19.0. The van der Waals surface area contributed by atoms with Crippen LogP contribution in [0.3, 0.4) is 0 Å². The van der Waals surface area contributed by atoms with Gasteiger partial charge in [0.2, 0.25) is 0 Å². The quantitative estimate of drug-likeness (QED) is 0.274. The number of rotatable bonds is 8. The number of halogens is 2. The second-order valence-corrected chi connectivity index (χ2v) is 7.99. The highest BCUT2D eigenvalue weighted by Gasteiger charge is 2.21. The van der Waals surface area contributed by atoms with Gasteiger partial charge in [-0.3, -0.25) is 0 Å². The Morgan fingerprint density at radius 2 is 1.38 bits per heavy atom. The van der Waals surface area contributed by atoms with Gasteiger partial charge < -0.3 is 25.4 Å². The number of hydrogen-bond acceptors (Lipinski definition) is 6. The Morgan fingerprint density at radius 1 is 0.811 bits per heavy atom. The van der Waals surface area contributed by atoms with E-state index in [0.717, 1.165) is 5.56 Å². The van der Waals surface area contributed by atoms with Gasteiger partial charge in [-0.05, 0) is 59.5 Å². The van der Waals surface area contributed by atoms with Gasteiger partial charge in [0.05, 0.1) is 0 Å². The maximum atomic E-state index is 14.6.